The van der Waals surface area contributed by atoms with Gasteiger partial charge < -0.3 is 9.47 Å². The number of hydrazine groups is 1. The van der Waals surface area contributed by atoms with E-state index in [1.165, 1.54) is 25.7 Å². The molecule has 1 saturated carbocycles. The van der Waals surface area contributed by atoms with Gasteiger partial charge in [0.25, 0.3) is 0 Å². The first kappa shape index (κ1) is 14.3. The van der Waals surface area contributed by atoms with Crippen LogP contribution in [0.15, 0.2) is 0 Å². The molecule has 0 bridgehead atoms. The molecule has 2 unspecified atom stereocenters. The maximum Gasteiger partial charge on any atom is 0.0685 e. The van der Waals surface area contributed by atoms with E-state index in [1.807, 2.05) is 0 Å². The summed E-state index contributed by atoms with van der Waals surface area (Å²) in [6.45, 7) is 4.71. The predicted octanol–water partition coefficient (Wildman–Crippen LogP) is 1.98. The zero-order chi connectivity index (χ0) is 12.8. The number of hydrogen-bond acceptors (Lipinski definition) is 4. The Morgan fingerprint density at radius 3 is 2.89 bits per heavy atom. The predicted molar refractivity (Wildman–Crippen MR) is 72.1 cm³/mol. The van der Waals surface area contributed by atoms with Crippen LogP contribution >= 0.6 is 0 Å². The molecule has 2 rings (SSSR count). The lowest BCUT2D eigenvalue weighted by atomic mass is 9.70. The summed E-state index contributed by atoms with van der Waals surface area (Å²) in [7, 11) is 0. The second kappa shape index (κ2) is 6.85. The highest BCUT2D eigenvalue weighted by molar-refractivity contribution is 4.96. The average Bonchev–Trinajstić information content (AvgIpc) is 2.37. The van der Waals surface area contributed by atoms with E-state index in [0.717, 1.165) is 39.1 Å². The van der Waals surface area contributed by atoms with E-state index in [1.54, 1.807) is 0 Å². The van der Waals surface area contributed by atoms with Crippen molar-refractivity contribution in [3.05, 3.63) is 0 Å². The molecule has 0 amide bonds. The van der Waals surface area contributed by atoms with E-state index in [0.29, 0.717) is 12.0 Å². The first-order chi connectivity index (χ1) is 8.79. The van der Waals surface area contributed by atoms with Crippen molar-refractivity contribution in [1.29, 1.82) is 0 Å². The lowest BCUT2D eigenvalue weighted by molar-refractivity contribution is -0.147. The molecule has 0 aromatic rings. The Kier molecular flexibility index (Phi) is 5.42. The van der Waals surface area contributed by atoms with Gasteiger partial charge in [-0.05, 0) is 50.9 Å². The average molecular weight is 256 g/mol. The van der Waals surface area contributed by atoms with Crippen molar-refractivity contribution >= 4 is 0 Å². The van der Waals surface area contributed by atoms with E-state index in [2.05, 4.69) is 12.3 Å². The standard InChI is InChI=1S/C14H28N2O2/c1-2-8-17-9-5-13(16-15)12-4-10-18-14(11-12)6-3-7-14/h12-13,16H,2-11,15H2,1H3. The minimum atomic E-state index is 0.211. The minimum Gasteiger partial charge on any atom is -0.381 e. The first-order valence-electron chi connectivity index (χ1n) is 7.47. The van der Waals surface area contributed by atoms with Crippen LogP contribution in [-0.4, -0.2) is 31.5 Å². The van der Waals surface area contributed by atoms with E-state index in [-0.39, 0.29) is 5.60 Å². The summed E-state index contributed by atoms with van der Waals surface area (Å²) in [5.41, 5.74) is 3.21. The Morgan fingerprint density at radius 2 is 2.28 bits per heavy atom. The van der Waals surface area contributed by atoms with Gasteiger partial charge in [-0.1, -0.05) is 6.92 Å². The summed E-state index contributed by atoms with van der Waals surface area (Å²) in [4.78, 5) is 0. The summed E-state index contributed by atoms with van der Waals surface area (Å²) in [6, 6.07) is 0.378. The van der Waals surface area contributed by atoms with Crippen molar-refractivity contribution in [2.45, 2.75) is 63.5 Å². The molecule has 3 N–H and O–H groups in total. The Bertz CT molecular complexity index is 244. The molecule has 2 atom stereocenters. The maximum absolute atomic E-state index is 5.97. The number of ether oxygens (including phenoxy) is 2. The lowest BCUT2D eigenvalue weighted by Gasteiger charge is -2.48. The van der Waals surface area contributed by atoms with Gasteiger partial charge in [0, 0.05) is 25.9 Å². The molecule has 1 aliphatic heterocycles. The summed E-state index contributed by atoms with van der Waals surface area (Å²) >= 11 is 0. The third kappa shape index (κ3) is 3.44. The van der Waals surface area contributed by atoms with Crippen LogP contribution in [0.2, 0.25) is 0 Å². The van der Waals surface area contributed by atoms with Gasteiger partial charge in [0.1, 0.15) is 0 Å². The van der Waals surface area contributed by atoms with E-state index in [4.69, 9.17) is 15.3 Å². The summed E-state index contributed by atoms with van der Waals surface area (Å²) in [6.07, 6.45) is 8.21. The van der Waals surface area contributed by atoms with Crippen LogP contribution < -0.4 is 11.3 Å². The van der Waals surface area contributed by atoms with Crippen LogP contribution in [0.25, 0.3) is 0 Å². The molecule has 0 radical (unpaired) electrons. The Labute approximate surface area is 111 Å². The molecule has 1 aliphatic carbocycles. The van der Waals surface area contributed by atoms with Gasteiger partial charge in [-0.2, -0.15) is 0 Å². The second-order valence-corrected chi connectivity index (χ2v) is 5.81. The molecule has 4 heteroatoms. The SMILES string of the molecule is CCCOCCC(NN)C1CCOC2(CCC2)C1. The maximum atomic E-state index is 5.97. The van der Waals surface area contributed by atoms with E-state index < -0.39 is 0 Å². The van der Waals surface area contributed by atoms with Crippen LogP contribution in [-0.2, 0) is 9.47 Å². The molecule has 18 heavy (non-hydrogen) atoms. The van der Waals surface area contributed by atoms with Gasteiger partial charge in [0.2, 0.25) is 0 Å². The quantitative estimate of drug-likeness (QED) is 0.415. The third-order valence-electron chi connectivity index (χ3n) is 4.50. The highest BCUT2D eigenvalue weighted by atomic mass is 16.5. The molecular formula is C14H28N2O2. The van der Waals surface area contributed by atoms with Gasteiger partial charge in [0.05, 0.1) is 5.60 Å². The molecule has 2 aliphatic rings. The van der Waals surface area contributed by atoms with Gasteiger partial charge >= 0.3 is 0 Å². The summed E-state index contributed by atoms with van der Waals surface area (Å²) in [5, 5.41) is 0. The molecule has 2 fully saturated rings. The van der Waals surface area contributed by atoms with Crippen molar-refractivity contribution in [1.82, 2.24) is 5.43 Å². The zero-order valence-electron chi connectivity index (χ0n) is 11.6. The van der Waals surface area contributed by atoms with Crippen molar-refractivity contribution in [2.75, 3.05) is 19.8 Å². The van der Waals surface area contributed by atoms with Gasteiger partial charge in [-0.3, -0.25) is 11.3 Å². The van der Waals surface area contributed by atoms with Crippen molar-refractivity contribution in [3.8, 4) is 0 Å². The summed E-state index contributed by atoms with van der Waals surface area (Å²) < 4.78 is 11.5. The Hall–Kier alpha value is -0.160. The Balaban J connectivity index is 1.76. The third-order valence-corrected chi connectivity index (χ3v) is 4.50. The van der Waals surface area contributed by atoms with Crippen molar-refractivity contribution in [3.63, 3.8) is 0 Å². The smallest absolute Gasteiger partial charge is 0.0685 e. The molecule has 0 aromatic heterocycles. The Morgan fingerprint density at radius 1 is 1.44 bits per heavy atom. The number of hydrogen-bond donors (Lipinski definition) is 2. The van der Waals surface area contributed by atoms with Gasteiger partial charge in [-0.25, -0.2) is 0 Å². The molecule has 4 nitrogen and oxygen atoms in total. The molecule has 1 spiro atoms. The van der Waals surface area contributed by atoms with Gasteiger partial charge in [0.15, 0.2) is 0 Å². The fourth-order valence-corrected chi connectivity index (χ4v) is 3.24. The van der Waals surface area contributed by atoms with Crippen LogP contribution in [0.5, 0.6) is 0 Å². The second-order valence-electron chi connectivity index (χ2n) is 5.81. The van der Waals surface area contributed by atoms with Gasteiger partial charge in [-0.15, -0.1) is 0 Å². The number of rotatable bonds is 7. The normalized spacial score (nSPS) is 28.0. The molecule has 0 aromatic carbocycles. The molecule has 1 heterocycles. The summed E-state index contributed by atoms with van der Waals surface area (Å²) in [5.74, 6) is 6.37. The number of nitrogens with two attached hydrogens (primary N) is 1. The molecule has 1 saturated heterocycles. The largest absolute Gasteiger partial charge is 0.381 e. The molecule has 106 valence electrons. The van der Waals surface area contributed by atoms with Crippen LogP contribution in [0, 0.1) is 5.92 Å². The van der Waals surface area contributed by atoms with Crippen LogP contribution in [0.1, 0.15) is 51.9 Å². The lowest BCUT2D eigenvalue weighted by Crippen LogP contribution is -2.51. The van der Waals surface area contributed by atoms with Crippen LogP contribution in [0.3, 0.4) is 0 Å². The highest BCUT2D eigenvalue weighted by Crippen LogP contribution is 2.45. The fraction of sp³-hybridized carbons (Fsp3) is 1.00. The minimum absolute atomic E-state index is 0.211. The van der Waals surface area contributed by atoms with Crippen molar-refractivity contribution < 1.29 is 9.47 Å². The first-order valence-corrected chi connectivity index (χ1v) is 7.47. The van der Waals surface area contributed by atoms with E-state index in [9.17, 15) is 0 Å². The number of nitrogens with one attached hydrogen (secondary N) is 1. The topological polar surface area (TPSA) is 56.5 Å². The zero-order valence-corrected chi connectivity index (χ0v) is 11.6. The van der Waals surface area contributed by atoms with Crippen LogP contribution in [0.4, 0.5) is 0 Å². The molecular weight excluding hydrogens is 228 g/mol. The van der Waals surface area contributed by atoms with E-state index >= 15 is 0 Å². The monoisotopic (exact) mass is 256 g/mol. The highest BCUT2D eigenvalue weighted by Gasteiger charge is 2.44. The van der Waals surface area contributed by atoms with Crippen molar-refractivity contribution in [2.24, 2.45) is 11.8 Å². The fourth-order valence-electron chi connectivity index (χ4n) is 3.24.